The van der Waals surface area contributed by atoms with E-state index >= 15 is 0 Å². The Morgan fingerprint density at radius 3 is 2.33 bits per heavy atom. The van der Waals surface area contributed by atoms with Gasteiger partial charge in [0.25, 0.3) is 0 Å². The highest BCUT2D eigenvalue weighted by atomic mass is 16.5. The molecule has 0 aliphatic carbocycles. The Morgan fingerprint density at radius 1 is 0.967 bits per heavy atom. The number of benzene rings is 2. The molecule has 1 heterocycles. The van der Waals surface area contributed by atoms with Gasteiger partial charge in [-0.15, -0.1) is 0 Å². The summed E-state index contributed by atoms with van der Waals surface area (Å²) in [5, 5.41) is 8.62. The zero-order chi connectivity index (χ0) is 21.3. The van der Waals surface area contributed by atoms with Crippen LogP contribution in [0.25, 0.3) is 0 Å². The van der Waals surface area contributed by atoms with Crippen LogP contribution >= 0.6 is 0 Å². The summed E-state index contributed by atoms with van der Waals surface area (Å²) in [6, 6.07) is 14.1. The molecule has 0 radical (unpaired) electrons. The lowest BCUT2D eigenvalue weighted by molar-refractivity contribution is 0.181. The number of hydrogen-bond donors (Lipinski definition) is 3. The highest BCUT2D eigenvalue weighted by molar-refractivity contribution is 5.91. The van der Waals surface area contributed by atoms with Crippen LogP contribution in [0.2, 0.25) is 0 Å². The fraction of sp³-hybridized carbons (Fsp3) is 0.364. The van der Waals surface area contributed by atoms with Crippen LogP contribution in [0, 0.1) is 5.92 Å². The Hall–Kier alpha value is -3.42. The summed E-state index contributed by atoms with van der Waals surface area (Å²) >= 11 is 0. The number of urea groups is 2. The minimum absolute atomic E-state index is 0.136. The van der Waals surface area contributed by atoms with Crippen molar-refractivity contribution >= 4 is 23.4 Å². The van der Waals surface area contributed by atoms with Crippen molar-refractivity contribution in [3.05, 3.63) is 48.5 Å². The second kappa shape index (κ2) is 10.4. The topological polar surface area (TPSA) is 91.9 Å². The van der Waals surface area contributed by atoms with Crippen molar-refractivity contribution in [2.75, 3.05) is 44.5 Å². The second-order valence-electron chi connectivity index (χ2n) is 7.12. The molecule has 0 unspecified atom stereocenters. The molecule has 3 N–H and O–H groups in total. The van der Waals surface area contributed by atoms with Crippen LogP contribution in [0.4, 0.5) is 21.0 Å². The summed E-state index contributed by atoms with van der Waals surface area (Å²) in [4.78, 5) is 26.4. The third-order valence-electron chi connectivity index (χ3n) is 5.15. The van der Waals surface area contributed by atoms with Gasteiger partial charge in [0.1, 0.15) is 11.5 Å². The van der Waals surface area contributed by atoms with Crippen molar-refractivity contribution in [2.24, 2.45) is 5.92 Å². The fourth-order valence-corrected chi connectivity index (χ4v) is 3.37. The van der Waals surface area contributed by atoms with Gasteiger partial charge < -0.3 is 30.3 Å². The maximum absolute atomic E-state index is 12.5. The molecule has 1 aliphatic heterocycles. The molecule has 0 spiro atoms. The monoisotopic (exact) mass is 412 g/mol. The first-order valence-electron chi connectivity index (χ1n) is 9.97. The van der Waals surface area contributed by atoms with Gasteiger partial charge in [-0.25, -0.2) is 9.59 Å². The number of nitrogens with one attached hydrogen (secondary N) is 3. The van der Waals surface area contributed by atoms with Crippen molar-refractivity contribution < 1.29 is 19.1 Å². The maximum Gasteiger partial charge on any atom is 0.321 e. The fourth-order valence-electron chi connectivity index (χ4n) is 3.37. The van der Waals surface area contributed by atoms with Gasteiger partial charge in [-0.1, -0.05) is 12.1 Å². The first-order valence-corrected chi connectivity index (χ1v) is 9.97. The van der Waals surface area contributed by atoms with Crippen LogP contribution in [-0.4, -0.2) is 50.8 Å². The lowest BCUT2D eigenvalue weighted by atomic mass is 9.97. The molecule has 30 heavy (non-hydrogen) atoms. The predicted octanol–water partition coefficient (Wildman–Crippen LogP) is 3.77. The van der Waals surface area contributed by atoms with Crippen LogP contribution in [0.5, 0.6) is 11.5 Å². The number of rotatable bonds is 6. The number of carbonyl (C=O) groups excluding carboxylic acids is 2. The molecule has 1 saturated heterocycles. The van der Waals surface area contributed by atoms with E-state index in [-0.39, 0.29) is 12.1 Å². The molecule has 0 saturated carbocycles. The van der Waals surface area contributed by atoms with E-state index in [1.54, 1.807) is 43.4 Å². The third kappa shape index (κ3) is 5.79. The van der Waals surface area contributed by atoms with E-state index in [0.717, 1.165) is 18.6 Å². The molecule has 8 heteroatoms. The number of likely N-dealkylation sites (tertiary alicyclic amines) is 1. The summed E-state index contributed by atoms with van der Waals surface area (Å²) in [5.74, 6) is 1.71. The number of ether oxygens (including phenoxy) is 2. The number of hydrogen-bond acceptors (Lipinski definition) is 4. The van der Waals surface area contributed by atoms with E-state index in [2.05, 4.69) is 16.0 Å². The summed E-state index contributed by atoms with van der Waals surface area (Å²) < 4.78 is 10.4. The van der Waals surface area contributed by atoms with E-state index in [0.29, 0.717) is 42.7 Å². The molecule has 0 atom stereocenters. The standard InChI is InChI=1S/C22H28N4O4/c1-29-18-9-7-17(8-10-18)24-21(27)23-15-16-11-13-26(14-12-16)22(28)25-19-5-3-4-6-20(19)30-2/h3-10,16H,11-15H2,1-2H3,(H,25,28)(H2,23,24,27). The Balaban J connectivity index is 1.39. The number of carbonyl (C=O) groups is 2. The second-order valence-corrected chi connectivity index (χ2v) is 7.12. The van der Waals surface area contributed by atoms with Gasteiger partial charge in [-0.05, 0) is 55.2 Å². The Kier molecular flexibility index (Phi) is 7.37. The van der Waals surface area contributed by atoms with E-state index in [9.17, 15) is 9.59 Å². The van der Waals surface area contributed by atoms with Crippen LogP contribution in [0.15, 0.2) is 48.5 Å². The summed E-state index contributed by atoms with van der Waals surface area (Å²) in [6.07, 6.45) is 1.67. The molecule has 0 aromatic heterocycles. The molecule has 160 valence electrons. The largest absolute Gasteiger partial charge is 0.497 e. The van der Waals surface area contributed by atoms with Crippen molar-refractivity contribution in [2.45, 2.75) is 12.8 Å². The molecule has 3 rings (SSSR count). The lowest BCUT2D eigenvalue weighted by Crippen LogP contribution is -2.43. The Morgan fingerprint density at radius 2 is 1.67 bits per heavy atom. The van der Waals surface area contributed by atoms with Crippen LogP contribution in [0.3, 0.4) is 0 Å². The Bertz CT molecular complexity index is 848. The normalized spacial score (nSPS) is 14.0. The smallest absolute Gasteiger partial charge is 0.321 e. The van der Waals surface area contributed by atoms with Crippen LogP contribution < -0.4 is 25.4 Å². The van der Waals surface area contributed by atoms with Gasteiger partial charge in [0.15, 0.2) is 0 Å². The van der Waals surface area contributed by atoms with Crippen LogP contribution in [-0.2, 0) is 0 Å². The van der Waals surface area contributed by atoms with Gasteiger partial charge in [0.2, 0.25) is 0 Å². The quantitative estimate of drug-likeness (QED) is 0.673. The molecular formula is C22H28N4O4. The minimum atomic E-state index is -0.239. The number of piperidine rings is 1. The third-order valence-corrected chi connectivity index (χ3v) is 5.15. The zero-order valence-corrected chi connectivity index (χ0v) is 17.3. The van der Waals surface area contributed by atoms with Gasteiger partial charge in [0, 0.05) is 25.3 Å². The average Bonchev–Trinajstić information content (AvgIpc) is 2.79. The molecule has 2 aromatic rings. The zero-order valence-electron chi connectivity index (χ0n) is 17.3. The SMILES string of the molecule is COc1ccc(NC(=O)NCC2CCN(C(=O)Nc3ccccc3OC)CC2)cc1. The number of nitrogens with zero attached hydrogens (tertiary/aromatic N) is 1. The number of amides is 4. The van der Waals surface area contributed by atoms with E-state index in [1.807, 2.05) is 24.3 Å². The first-order chi connectivity index (χ1) is 14.6. The summed E-state index contributed by atoms with van der Waals surface area (Å²) in [6.45, 7) is 1.87. The molecule has 2 aromatic carbocycles. The molecule has 4 amide bonds. The van der Waals surface area contributed by atoms with Crippen molar-refractivity contribution in [3.8, 4) is 11.5 Å². The van der Waals surface area contributed by atoms with Gasteiger partial charge in [-0.2, -0.15) is 0 Å². The highest BCUT2D eigenvalue weighted by Crippen LogP contribution is 2.24. The maximum atomic E-state index is 12.5. The molecular weight excluding hydrogens is 384 g/mol. The van der Waals surface area contributed by atoms with Crippen molar-refractivity contribution in [1.29, 1.82) is 0 Å². The summed E-state index contributed by atoms with van der Waals surface area (Å²) in [7, 11) is 3.18. The van der Waals surface area contributed by atoms with Gasteiger partial charge in [0.05, 0.1) is 19.9 Å². The van der Waals surface area contributed by atoms with Crippen LogP contribution in [0.1, 0.15) is 12.8 Å². The average molecular weight is 412 g/mol. The minimum Gasteiger partial charge on any atom is -0.497 e. The summed E-state index contributed by atoms with van der Waals surface area (Å²) in [5.41, 5.74) is 1.36. The number of methoxy groups -OCH3 is 2. The Labute approximate surface area is 176 Å². The predicted molar refractivity (Wildman–Crippen MR) is 116 cm³/mol. The van der Waals surface area contributed by atoms with E-state index in [4.69, 9.17) is 9.47 Å². The van der Waals surface area contributed by atoms with Crippen molar-refractivity contribution in [1.82, 2.24) is 10.2 Å². The first kappa shape index (κ1) is 21.3. The molecule has 1 aliphatic rings. The molecule has 8 nitrogen and oxygen atoms in total. The highest BCUT2D eigenvalue weighted by Gasteiger charge is 2.23. The van der Waals surface area contributed by atoms with E-state index in [1.165, 1.54) is 0 Å². The van der Waals surface area contributed by atoms with E-state index < -0.39 is 0 Å². The number of anilines is 2. The van der Waals surface area contributed by atoms with Crippen molar-refractivity contribution in [3.63, 3.8) is 0 Å². The molecule has 1 fully saturated rings. The van der Waals surface area contributed by atoms with Gasteiger partial charge in [-0.3, -0.25) is 0 Å². The lowest BCUT2D eigenvalue weighted by Gasteiger charge is -2.32. The molecule has 0 bridgehead atoms. The number of para-hydroxylation sites is 2. The van der Waals surface area contributed by atoms with Gasteiger partial charge >= 0.3 is 12.1 Å².